The van der Waals surface area contributed by atoms with Crippen LogP contribution in [0.15, 0.2) is 28.9 Å². The molecule has 1 aromatic carbocycles. The molecule has 0 radical (unpaired) electrons. The number of aromatic amines is 1. The van der Waals surface area contributed by atoms with Gasteiger partial charge in [-0.3, -0.25) is 9.89 Å². The molecule has 0 unspecified atom stereocenters. The lowest BCUT2D eigenvalue weighted by atomic mass is 9.96. The molecule has 1 fully saturated rings. The molecule has 4 rings (SSSR count). The summed E-state index contributed by atoms with van der Waals surface area (Å²) in [5.41, 5.74) is 8.17. The molecule has 1 saturated heterocycles. The number of nitrogens with two attached hydrogens (primary N) is 1. The monoisotopic (exact) mass is 339 g/mol. The van der Waals surface area contributed by atoms with Gasteiger partial charge in [-0.15, -0.1) is 5.10 Å². The van der Waals surface area contributed by atoms with Gasteiger partial charge in [0.25, 0.3) is 5.91 Å². The maximum Gasteiger partial charge on any atom is 0.257 e. The summed E-state index contributed by atoms with van der Waals surface area (Å²) in [6.07, 6.45) is 4.38. The van der Waals surface area contributed by atoms with E-state index in [-0.39, 0.29) is 17.8 Å². The van der Waals surface area contributed by atoms with Gasteiger partial charge < -0.3 is 15.1 Å². The third-order valence-electron chi connectivity index (χ3n) is 4.89. The lowest BCUT2D eigenvalue weighted by Crippen LogP contribution is -2.39. The number of carbonyl (C=O) groups is 1. The van der Waals surface area contributed by atoms with Gasteiger partial charge in [-0.1, -0.05) is 13.0 Å². The summed E-state index contributed by atoms with van der Waals surface area (Å²) >= 11 is 0. The third kappa shape index (κ3) is 2.86. The van der Waals surface area contributed by atoms with Gasteiger partial charge in [-0.2, -0.15) is 4.98 Å². The van der Waals surface area contributed by atoms with Crippen molar-refractivity contribution in [1.82, 2.24) is 20.1 Å². The molecular formula is C18H21N5O2. The van der Waals surface area contributed by atoms with E-state index < -0.39 is 0 Å². The van der Waals surface area contributed by atoms with Gasteiger partial charge in [0.1, 0.15) is 17.7 Å². The van der Waals surface area contributed by atoms with E-state index in [1.54, 1.807) is 6.26 Å². The minimum atomic E-state index is 0.00388. The largest absolute Gasteiger partial charge is 0.463 e. The standard InChI is InChI=1S/C18H21N5O2/c1-2-11-5-6-15-13(8-11)14(10-25-15)17(24)23-7-3-4-12(9-23)16-20-18(19)22-21-16/h5-6,8,10,12H,2-4,7,9H2,1H3,(H3,19,20,21,22)/t12-/m0/s1. The van der Waals surface area contributed by atoms with Gasteiger partial charge in [-0.05, 0) is 37.0 Å². The highest BCUT2D eigenvalue weighted by Crippen LogP contribution is 2.29. The maximum atomic E-state index is 13.1. The van der Waals surface area contributed by atoms with Gasteiger partial charge >= 0.3 is 0 Å². The highest BCUT2D eigenvalue weighted by molar-refractivity contribution is 6.06. The Morgan fingerprint density at radius 1 is 1.48 bits per heavy atom. The molecule has 1 amide bonds. The number of fused-ring (bicyclic) bond motifs is 1. The number of aromatic nitrogens is 3. The first-order chi connectivity index (χ1) is 12.2. The van der Waals surface area contributed by atoms with Crippen molar-refractivity contribution in [2.75, 3.05) is 18.8 Å². The van der Waals surface area contributed by atoms with Crippen molar-refractivity contribution < 1.29 is 9.21 Å². The molecule has 3 N–H and O–H groups in total. The van der Waals surface area contributed by atoms with E-state index in [1.165, 1.54) is 5.56 Å². The van der Waals surface area contributed by atoms with Gasteiger partial charge in [-0.25, -0.2) is 0 Å². The topological polar surface area (TPSA) is 101 Å². The Morgan fingerprint density at radius 3 is 3.12 bits per heavy atom. The summed E-state index contributed by atoms with van der Waals surface area (Å²) in [4.78, 5) is 19.1. The van der Waals surface area contributed by atoms with E-state index in [0.717, 1.165) is 42.6 Å². The van der Waals surface area contributed by atoms with E-state index in [2.05, 4.69) is 22.1 Å². The Hall–Kier alpha value is -2.83. The smallest absolute Gasteiger partial charge is 0.257 e. The van der Waals surface area contributed by atoms with Crippen LogP contribution in [0, 0.1) is 0 Å². The molecule has 0 aliphatic carbocycles. The van der Waals surface area contributed by atoms with Crippen molar-refractivity contribution in [2.45, 2.75) is 32.1 Å². The van der Waals surface area contributed by atoms with Crippen LogP contribution in [-0.4, -0.2) is 39.1 Å². The van der Waals surface area contributed by atoms with Gasteiger partial charge in [0, 0.05) is 24.4 Å². The van der Waals surface area contributed by atoms with Crippen LogP contribution in [0.25, 0.3) is 11.0 Å². The third-order valence-corrected chi connectivity index (χ3v) is 4.89. The van der Waals surface area contributed by atoms with Crippen molar-refractivity contribution in [3.05, 3.63) is 41.4 Å². The minimum Gasteiger partial charge on any atom is -0.463 e. The van der Waals surface area contributed by atoms with Crippen LogP contribution in [0.3, 0.4) is 0 Å². The zero-order chi connectivity index (χ0) is 17.4. The number of H-pyrrole nitrogens is 1. The zero-order valence-corrected chi connectivity index (χ0v) is 14.2. The average Bonchev–Trinajstić information content (AvgIpc) is 3.27. The number of aryl methyl sites for hydroxylation is 1. The second kappa shape index (κ2) is 6.23. The fourth-order valence-corrected chi connectivity index (χ4v) is 3.49. The Morgan fingerprint density at radius 2 is 2.36 bits per heavy atom. The van der Waals surface area contributed by atoms with Crippen LogP contribution < -0.4 is 5.73 Å². The molecule has 3 heterocycles. The lowest BCUT2D eigenvalue weighted by molar-refractivity contribution is 0.0705. The van der Waals surface area contributed by atoms with E-state index in [9.17, 15) is 4.79 Å². The minimum absolute atomic E-state index is 0.00388. The first-order valence-electron chi connectivity index (χ1n) is 8.63. The predicted molar refractivity (Wildman–Crippen MR) is 94.3 cm³/mol. The SMILES string of the molecule is CCc1ccc2occ(C(=O)N3CCC[C@H](c4nc(N)n[nH]4)C3)c2c1. The molecule has 1 atom stereocenters. The van der Waals surface area contributed by atoms with Crippen molar-refractivity contribution in [1.29, 1.82) is 0 Å². The number of benzene rings is 1. The molecule has 130 valence electrons. The van der Waals surface area contributed by atoms with E-state index in [1.807, 2.05) is 23.1 Å². The number of rotatable bonds is 3. The first-order valence-corrected chi connectivity index (χ1v) is 8.63. The second-order valence-electron chi connectivity index (χ2n) is 6.50. The number of piperidine rings is 1. The number of hydrogen-bond acceptors (Lipinski definition) is 5. The Labute approximate surface area is 145 Å². The molecule has 1 aliphatic rings. The van der Waals surface area contributed by atoms with Crippen LogP contribution in [0.5, 0.6) is 0 Å². The number of carbonyl (C=O) groups excluding carboxylic acids is 1. The van der Waals surface area contributed by atoms with E-state index in [4.69, 9.17) is 10.2 Å². The van der Waals surface area contributed by atoms with E-state index >= 15 is 0 Å². The second-order valence-corrected chi connectivity index (χ2v) is 6.50. The van der Waals surface area contributed by atoms with Gasteiger partial charge in [0.2, 0.25) is 5.95 Å². The normalized spacial score (nSPS) is 18.0. The molecule has 25 heavy (non-hydrogen) atoms. The summed E-state index contributed by atoms with van der Waals surface area (Å²) in [7, 11) is 0. The van der Waals surface area contributed by atoms with Crippen LogP contribution in [0.4, 0.5) is 5.95 Å². The Balaban J connectivity index is 1.60. The predicted octanol–water partition coefficient (Wildman–Crippen LogP) is 2.72. The molecule has 7 heteroatoms. The van der Waals surface area contributed by atoms with E-state index in [0.29, 0.717) is 12.1 Å². The Bertz CT molecular complexity index is 913. The number of nitrogens with zero attached hydrogens (tertiary/aromatic N) is 3. The number of anilines is 1. The summed E-state index contributed by atoms with van der Waals surface area (Å²) in [6.45, 7) is 3.44. The van der Waals surface area contributed by atoms with Crippen LogP contribution in [0.1, 0.15) is 47.4 Å². The number of nitrogens with one attached hydrogen (secondary N) is 1. The molecule has 1 aliphatic heterocycles. The highest BCUT2D eigenvalue weighted by atomic mass is 16.3. The average molecular weight is 339 g/mol. The quantitative estimate of drug-likeness (QED) is 0.764. The number of amides is 1. The Kier molecular flexibility index (Phi) is 3.91. The van der Waals surface area contributed by atoms with Crippen molar-refractivity contribution in [3.8, 4) is 0 Å². The molecule has 2 aromatic heterocycles. The summed E-state index contributed by atoms with van der Waals surface area (Å²) in [5.74, 6) is 1.13. The summed E-state index contributed by atoms with van der Waals surface area (Å²) in [6, 6.07) is 6.01. The van der Waals surface area contributed by atoms with Crippen molar-refractivity contribution in [3.63, 3.8) is 0 Å². The highest BCUT2D eigenvalue weighted by Gasteiger charge is 2.29. The van der Waals surface area contributed by atoms with Gasteiger partial charge in [0.05, 0.1) is 5.56 Å². The van der Waals surface area contributed by atoms with Crippen LogP contribution in [0.2, 0.25) is 0 Å². The summed E-state index contributed by atoms with van der Waals surface area (Å²) < 4.78 is 5.58. The molecule has 0 spiro atoms. The van der Waals surface area contributed by atoms with Crippen molar-refractivity contribution in [2.24, 2.45) is 0 Å². The van der Waals surface area contributed by atoms with Crippen molar-refractivity contribution >= 4 is 22.8 Å². The molecule has 3 aromatic rings. The molecule has 0 bridgehead atoms. The van der Waals surface area contributed by atoms with Crippen LogP contribution in [-0.2, 0) is 6.42 Å². The fraction of sp³-hybridized carbons (Fsp3) is 0.389. The lowest BCUT2D eigenvalue weighted by Gasteiger charge is -2.31. The first kappa shape index (κ1) is 15.7. The molecule has 7 nitrogen and oxygen atoms in total. The van der Waals surface area contributed by atoms with Gasteiger partial charge in [0.15, 0.2) is 0 Å². The van der Waals surface area contributed by atoms with Crippen LogP contribution >= 0.6 is 0 Å². The number of furan rings is 1. The maximum absolute atomic E-state index is 13.1. The molecule has 0 saturated carbocycles. The number of likely N-dealkylation sites (tertiary alicyclic amines) is 1. The molecular weight excluding hydrogens is 318 g/mol. The fourth-order valence-electron chi connectivity index (χ4n) is 3.49. The summed E-state index contributed by atoms with van der Waals surface area (Å²) in [5, 5.41) is 7.65. The number of hydrogen-bond donors (Lipinski definition) is 2. The number of nitrogen functional groups attached to an aromatic ring is 1. The zero-order valence-electron chi connectivity index (χ0n) is 14.2.